The SMILES string of the molecule is Clc1cc[c]([Cd])cc1. The molecule has 0 bridgehead atoms. The van der Waals surface area contributed by atoms with Gasteiger partial charge in [-0.3, -0.25) is 0 Å². The minimum absolute atomic E-state index is 0.829. The minimum atomic E-state index is 0.829. The van der Waals surface area contributed by atoms with E-state index in [1.807, 2.05) is 12.1 Å². The second-order valence-corrected chi connectivity index (χ2v) is 4.39. The first-order valence-corrected chi connectivity index (χ1v) is 4.76. The van der Waals surface area contributed by atoms with Gasteiger partial charge in [0, 0.05) is 0 Å². The van der Waals surface area contributed by atoms with Crippen LogP contribution in [0.3, 0.4) is 0 Å². The predicted molar refractivity (Wildman–Crippen MR) is 31.1 cm³/mol. The second-order valence-electron chi connectivity index (χ2n) is 1.63. The summed E-state index contributed by atoms with van der Waals surface area (Å²) in [7, 11) is 0. The third kappa shape index (κ3) is 1.74. The van der Waals surface area contributed by atoms with Gasteiger partial charge in [0.1, 0.15) is 0 Å². The normalized spacial score (nSPS) is 9.38. The fraction of sp³-hybridized carbons (Fsp3) is 0. The van der Waals surface area contributed by atoms with E-state index < -0.39 is 0 Å². The molecule has 0 nitrogen and oxygen atoms in total. The second kappa shape index (κ2) is 2.83. The zero-order valence-electron chi connectivity index (χ0n) is 4.39. The molecule has 1 rings (SSSR count). The zero-order chi connectivity index (χ0) is 5.98. The van der Waals surface area contributed by atoms with Crippen LogP contribution in [-0.2, 0) is 25.8 Å². The van der Waals surface area contributed by atoms with Gasteiger partial charge in [0.15, 0.2) is 0 Å². The molecule has 0 radical (unpaired) electrons. The Bertz CT molecular complexity index is 147. The molecular weight excluding hydrogens is 220 g/mol. The average molecular weight is 224 g/mol. The maximum atomic E-state index is 5.63. The maximum absolute atomic E-state index is 5.63. The number of rotatable bonds is 0. The van der Waals surface area contributed by atoms with E-state index in [9.17, 15) is 0 Å². The fourth-order valence-corrected chi connectivity index (χ4v) is 1.28. The molecule has 0 aliphatic carbocycles. The molecule has 1 aromatic carbocycles. The van der Waals surface area contributed by atoms with E-state index in [4.69, 9.17) is 11.6 Å². The van der Waals surface area contributed by atoms with Gasteiger partial charge < -0.3 is 0 Å². The summed E-state index contributed by atoms with van der Waals surface area (Å²) in [5.41, 5.74) is 0. The Balaban J connectivity index is 3.03. The van der Waals surface area contributed by atoms with Crippen LogP contribution < -0.4 is 3.12 Å². The molecule has 0 aliphatic rings. The molecule has 0 N–H and O–H groups in total. The standard InChI is InChI=1S/C6H4Cl.Cd/c7-6-4-2-1-3-5-6;/h2-5H;. The Morgan fingerprint density at radius 2 is 1.62 bits per heavy atom. The third-order valence-electron chi connectivity index (χ3n) is 0.913. The van der Waals surface area contributed by atoms with Crippen LogP contribution in [0.15, 0.2) is 24.3 Å². The van der Waals surface area contributed by atoms with Crippen LogP contribution in [-0.4, -0.2) is 0 Å². The number of halogens is 1. The molecule has 1 aromatic rings. The molecule has 8 heavy (non-hydrogen) atoms. The summed E-state index contributed by atoms with van der Waals surface area (Å²) in [6.45, 7) is 0. The molecule has 0 fully saturated rings. The van der Waals surface area contributed by atoms with E-state index in [-0.39, 0.29) is 0 Å². The summed E-state index contributed by atoms with van der Waals surface area (Å²) in [6, 6.07) is 7.98. The quantitative estimate of drug-likeness (QED) is 0.586. The van der Waals surface area contributed by atoms with E-state index in [0.29, 0.717) is 0 Å². The van der Waals surface area contributed by atoms with Crippen molar-refractivity contribution >= 4 is 14.7 Å². The van der Waals surface area contributed by atoms with Crippen molar-refractivity contribution in [3.05, 3.63) is 29.3 Å². The molecular formula is C6H4CdCl. The van der Waals surface area contributed by atoms with Crippen LogP contribution in [0.5, 0.6) is 0 Å². The Kier molecular flexibility index (Phi) is 2.31. The van der Waals surface area contributed by atoms with Gasteiger partial charge in [0.25, 0.3) is 0 Å². The molecule has 0 saturated carbocycles. The first-order chi connectivity index (χ1) is 3.79. The van der Waals surface area contributed by atoms with Crippen molar-refractivity contribution < 1.29 is 25.8 Å². The molecule has 2 heteroatoms. The van der Waals surface area contributed by atoms with Crippen molar-refractivity contribution in [1.29, 1.82) is 0 Å². The first kappa shape index (κ1) is 6.55. The van der Waals surface area contributed by atoms with Crippen LogP contribution in [0.4, 0.5) is 0 Å². The van der Waals surface area contributed by atoms with Crippen molar-refractivity contribution in [2.45, 2.75) is 0 Å². The Labute approximate surface area is 69.5 Å². The Morgan fingerprint density at radius 1 is 1.12 bits per heavy atom. The molecule has 0 amide bonds. The monoisotopic (exact) mass is 225 g/mol. The number of benzene rings is 1. The molecule has 0 spiro atoms. The van der Waals surface area contributed by atoms with Crippen LogP contribution >= 0.6 is 11.6 Å². The van der Waals surface area contributed by atoms with Gasteiger partial charge in [0.2, 0.25) is 0 Å². The first-order valence-electron chi connectivity index (χ1n) is 2.36. The molecule has 0 saturated heterocycles. The summed E-state index contributed by atoms with van der Waals surface area (Å²) in [6.07, 6.45) is 0. The summed E-state index contributed by atoms with van der Waals surface area (Å²) in [5, 5.41) is 0.829. The van der Waals surface area contributed by atoms with E-state index in [0.717, 1.165) is 30.8 Å². The van der Waals surface area contributed by atoms with Crippen molar-refractivity contribution in [2.75, 3.05) is 0 Å². The van der Waals surface area contributed by atoms with E-state index in [1.165, 1.54) is 3.12 Å². The Hall–Kier alpha value is 0.432. The molecule has 0 heterocycles. The molecule has 0 unspecified atom stereocenters. The molecule has 0 aromatic heterocycles. The van der Waals surface area contributed by atoms with Crippen LogP contribution in [0.2, 0.25) is 5.02 Å². The van der Waals surface area contributed by atoms with Gasteiger partial charge in [-0.1, -0.05) is 0 Å². The van der Waals surface area contributed by atoms with Crippen molar-refractivity contribution in [3.8, 4) is 0 Å². The molecule has 0 aliphatic heterocycles. The summed E-state index contributed by atoms with van der Waals surface area (Å²) in [4.78, 5) is 0. The van der Waals surface area contributed by atoms with E-state index in [1.54, 1.807) is 0 Å². The van der Waals surface area contributed by atoms with Gasteiger partial charge in [-0.15, -0.1) is 0 Å². The van der Waals surface area contributed by atoms with Crippen LogP contribution in [0.25, 0.3) is 0 Å². The topological polar surface area (TPSA) is 0 Å². The van der Waals surface area contributed by atoms with Crippen LogP contribution in [0, 0.1) is 0 Å². The average Bonchev–Trinajstić information content (AvgIpc) is 1.77. The predicted octanol–water partition coefficient (Wildman–Crippen LogP) is 1.51. The third-order valence-corrected chi connectivity index (χ3v) is 2.51. The fourth-order valence-electron chi connectivity index (χ4n) is 0.484. The van der Waals surface area contributed by atoms with Crippen molar-refractivity contribution in [2.24, 2.45) is 0 Å². The van der Waals surface area contributed by atoms with E-state index in [2.05, 4.69) is 12.1 Å². The van der Waals surface area contributed by atoms with Gasteiger partial charge in [0.05, 0.1) is 0 Å². The summed E-state index contributed by atoms with van der Waals surface area (Å²) in [5.74, 6) is 0. The Morgan fingerprint density at radius 3 is 2.00 bits per heavy atom. The van der Waals surface area contributed by atoms with Gasteiger partial charge in [-0.2, -0.15) is 0 Å². The van der Waals surface area contributed by atoms with Gasteiger partial charge in [-0.25, -0.2) is 0 Å². The van der Waals surface area contributed by atoms with Gasteiger partial charge >= 0.3 is 69.8 Å². The zero-order valence-corrected chi connectivity index (χ0v) is 9.19. The summed E-state index contributed by atoms with van der Waals surface area (Å²) < 4.78 is 1.41. The molecule has 37 valence electrons. The van der Waals surface area contributed by atoms with E-state index >= 15 is 0 Å². The number of hydrogen-bond donors (Lipinski definition) is 0. The van der Waals surface area contributed by atoms with Crippen molar-refractivity contribution in [3.63, 3.8) is 0 Å². The van der Waals surface area contributed by atoms with Crippen LogP contribution in [0.1, 0.15) is 0 Å². The number of hydrogen-bond acceptors (Lipinski definition) is 0. The molecule has 0 atom stereocenters. The van der Waals surface area contributed by atoms with Gasteiger partial charge in [-0.05, 0) is 0 Å². The summed E-state index contributed by atoms with van der Waals surface area (Å²) >= 11 is 6.54. The van der Waals surface area contributed by atoms with Crippen molar-refractivity contribution in [1.82, 2.24) is 0 Å².